The van der Waals surface area contributed by atoms with E-state index in [4.69, 9.17) is 28.4 Å². The van der Waals surface area contributed by atoms with Gasteiger partial charge in [0.15, 0.2) is 0 Å². The highest BCUT2D eigenvalue weighted by molar-refractivity contribution is 5.86. The molecule has 10 nitrogen and oxygen atoms in total. The van der Waals surface area contributed by atoms with E-state index >= 15 is 0 Å². The Morgan fingerprint density at radius 1 is 0.617 bits per heavy atom. The lowest BCUT2D eigenvalue weighted by atomic mass is 9.82. The first-order chi connectivity index (χ1) is 22.5. The van der Waals surface area contributed by atoms with E-state index < -0.39 is 0 Å². The molecule has 7 rings (SSSR count). The third-order valence-electron chi connectivity index (χ3n) is 7.68. The zero-order chi connectivity index (χ0) is 32.6. The monoisotopic (exact) mass is 636 g/mol. The maximum Gasteiger partial charge on any atom is 0.330 e. The second-order valence-corrected chi connectivity index (χ2v) is 14.0. The van der Waals surface area contributed by atoms with Crippen LogP contribution in [0.15, 0.2) is 72.8 Å². The van der Waals surface area contributed by atoms with E-state index in [1.807, 2.05) is 72.8 Å². The Morgan fingerprint density at radius 3 is 1.43 bits per heavy atom. The summed E-state index contributed by atoms with van der Waals surface area (Å²) < 4.78 is 34.6. The molecule has 0 saturated carbocycles. The summed E-state index contributed by atoms with van der Waals surface area (Å²) >= 11 is 0. The number of rotatable bonds is 13. The molecule has 47 heavy (non-hydrogen) atoms. The summed E-state index contributed by atoms with van der Waals surface area (Å²) in [6.07, 6.45) is 1.29. The SMILES string of the molecule is CC(C)(C)CC(C)(C)Nc1nc(Oc2ccc3cc(OCC4CO4)ccc3c2)nc(Oc2ccc3cc(OCC4CO4)ccc3c2)n1. The van der Waals surface area contributed by atoms with Crippen molar-refractivity contribution in [1.82, 2.24) is 15.0 Å². The second kappa shape index (κ2) is 12.5. The molecule has 5 aromatic rings. The fourth-order valence-corrected chi connectivity index (χ4v) is 5.79. The average molecular weight is 637 g/mol. The first-order valence-electron chi connectivity index (χ1n) is 16.0. The van der Waals surface area contributed by atoms with Crippen molar-refractivity contribution in [2.24, 2.45) is 5.41 Å². The zero-order valence-electron chi connectivity index (χ0n) is 27.4. The largest absolute Gasteiger partial charge is 0.491 e. The van der Waals surface area contributed by atoms with Gasteiger partial charge in [-0.25, -0.2) is 0 Å². The molecule has 0 spiro atoms. The van der Waals surface area contributed by atoms with Gasteiger partial charge in [-0.05, 0) is 95.8 Å². The van der Waals surface area contributed by atoms with Gasteiger partial charge in [-0.2, -0.15) is 9.97 Å². The molecule has 0 amide bonds. The van der Waals surface area contributed by atoms with Crippen molar-refractivity contribution in [3.8, 4) is 35.0 Å². The average Bonchev–Trinajstić information content (AvgIpc) is 3.93. The number of anilines is 1. The van der Waals surface area contributed by atoms with Gasteiger partial charge >= 0.3 is 12.0 Å². The van der Waals surface area contributed by atoms with Crippen LogP contribution in [0.25, 0.3) is 21.5 Å². The number of nitrogens with zero attached hydrogens (tertiary/aromatic N) is 3. The van der Waals surface area contributed by atoms with Gasteiger partial charge < -0.3 is 33.7 Å². The van der Waals surface area contributed by atoms with Gasteiger partial charge in [0, 0.05) is 5.54 Å². The first-order valence-corrected chi connectivity index (χ1v) is 16.0. The molecule has 0 aliphatic carbocycles. The minimum Gasteiger partial charge on any atom is -0.491 e. The van der Waals surface area contributed by atoms with Crippen molar-refractivity contribution in [3.63, 3.8) is 0 Å². The van der Waals surface area contributed by atoms with Crippen LogP contribution in [0, 0.1) is 5.41 Å². The smallest absolute Gasteiger partial charge is 0.330 e. The maximum atomic E-state index is 6.21. The topological polar surface area (TPSA) is 113 Å². The molecule has 1 aromatic heterocycles. The van der Waals surface area contributed by atoms with Crippen LogP contribution >= 0.6 is 0 Å². The summed E-state index contributed by atoms with van der Waals surface area (Å²) in [6, 6.07) is 23.8. The van der Waals surface area contributed by atoms with Crippen molar-refractivity contribution < 1.29 is 28.4 Å². The van der Waals surface area contributed by atoms with E-state index in [0.717, 1.165) is 52.7 Å². The number of epoxide rings is 2. The normalized spacial score (nSPS) is 17.4. The summed E-state index contributed by atoms with van der Waals surface area (Å²) in [5.74, 6) is 3.16. The molecule has 0 bridgehead atoms. The highest BCUT2D eigenvalue weighted by Crippen LogP contribution is 2.33. The van der Waals surface area contributed by atoms with Crippen LogP contribution in [0.2, 0.25) is 0 Å². The summed E-state index contributed by atoms with van der Waals surface area (Å²) in [5, 5.41) is 7.54. The number of ether oxygens (including phenoxy) is 6. The van der Waals surface area contributed by atoms with Crippen LogP contribution in [-0.2, 0) is 9.47 Å². The van der Waals surface area contributed by atoms with Crippen molar-refractivity contribution >= 4 is 27.5 Å². The predicted octanol–water partition coefficient (Wildman–Crippen LogP) is 7.94. The summed E-state index contributed by atoms with van der Waals surface area (Å²) in [7, 11) is 0. The van der Waals surface area contributed by atoms with Gasteiger partial charge in [0.1, 0.15) is 48.4 Å². The van der Waals surface area contributed by atoms with E-state index in [9.17, 15) is 0 Å². The van der Waals surface area contributed by atoms with Crippen molar-refractivity contribution in [2.45, 2.75) is 58.8 Å². The Morgan fingerprint density at radius 2 is 1.02 bits per heavy atom. The van der Waals surface area contributed by atoms with Gasteiger partial charge in [-0.1, -0.05) is 45.0 Å². The summed E-state index contributed by atoms with van der Waals surface area (Å²) in [6.45, 7) is 13.5. The minimum absolute atomic E-state index is 0.0888. The zero-order valence-corrected chi connectivity index (χ0v) is 27.4. The summed E-state index contributed by atoms with van der Waals surface area (Å²) in [5.41, 5.74) is -0.220. The Balaban J connectivity index is 1.13. The minimum atomic E-state index is -0.309. The van der Waals surface area contributed by atoms with E-state index in [1.54, 1.807) is 0 Å². The van der Waals surface area contributed by atoms with E-state index in [2.05, 4.69) is 54.9 Å². The lowest BCUT2D eigenvalue weighted by Crippen LogP contribution is -2.36. The highest BCUT2D eigenvalue weighted by atomic mass is 16.6. The molecule has 2 aliphatic heterocycles. The van der Waals surface area contributed by atoms with Gasteiger partial charge in [0.25, 0.3) is 0 Å². The molecular weight excluding hydrogens is 596 g/mol. The number of hydrogen-bond donors (Lipinski definition) is 1. The Labute approximate surface area is 274 Å². The van der Waals surface area contributed by atoms with Crippen LogP contribution in [0.4, 0.5) is 5.95 Å². The first kappa shape index (κ1) is 31.0. The van der Waals surface area contributed by atoms with Crippen LogP contribution < -0.4 is 24.3 Å². The molecule has 0 radical (unpaired) electrons. The number of hydrogen-bond acceptors (Lipinski definition) is 10. The van der Waals surface area contributed by atoms with Crippen LogP contribution in [0.1, 0.15) is 41.0 Å². The third-order valence-corrected chi connectivity index (χ3v) is 7.68. The van der Waals surface area contributed by atoms with Crippen LogP contribution in [-0.4, -0.2) is 59.1 Å². The lowest BCUT2D eigenvalue weighted by molar-refractivity contribution is 0.263. The van der Waals surface area contributed by atoms with E-state index in [1.165, 1.54) is 0 Å². The Hall–Kier alpha value is -4.67. The molecule has 2 saturated heterocycles. The fourth-order valence-electron chi connectivity index (χ4n) is 5.79. The quantitative estimate of drug-likeness (QED) is 0.128. The molecule has 2 atom stereocenters. The van der Waals surface area contributed by atoms with E-state index in [-0.39, 0.29) is 35.2 Å². The van der Waals surface area contributed by atoms with E-state index in [0.29, 0.717) is 30.7 Å². The molecule has 2 aliphatic rings. The maximum absolute atomic E-state index is 6.21. The molecule has 10 heteroatoms. The summed E-state index contributed by atoms with van der Waals surface area (Å²) in [4.78, 5) is 13.8. The molecule has 244 valence electrons. The number of benzene rings is 4. The number of nitrogens with one attached hydrogen (secondary N) is 1. The van der Waals surface area contributed by atoms with Crippen LogP contribution in [0.3, 0.4) is 0 Å². The number of fused-ring (bicyclic) bond motifs is 2. The Bertz CT molecular complexity index is 1780. The fraction of sp³-hybridized carbons (Fsp3) is 0.378. The second-order valence-electron chi connectivity index (χ2n) is 14.0. The molecule has 2 fully saturated rings. The lowest BCUT2D eigenvalue weighted by Gasteiger charge is -2.33. The highest BCUT2D eigenvalue weighted by Gasteiger charge is 2.27. The van der Waals surface area contributed by atoms with Gasteiger partial charge in [-0.15, -0.1) is 4.98 Å². The molecule has 4 aromatic carbocycles. The third kappa shape index (κ3) is 8.58. The molecule has 1 N–H and O–H groups in total. The Kier molecular flexibility index (Phi) is 8.23. The van der Waals surface area contributed by atoms with Crippen molar-refractivity contribution in [1.29, 1.82) is 0 Å². The van der Waals surface area contributed by atoms with Crippen LogP contribution in [0.5, 0.6) is 35.0 Å². The van der Waals surface area contributed by atoms with Crippen molar-refractivity contribution in [2.75, 3.05) is 31.7 Å². The molecular formula is C37H40N4O6. The molecule has 2 unspecified atom stereocenters. The number of aromatic nitrogens is 3. The predicted molar refractivity (Wildman–Crippen MR) is 180 cm³/mol. The standard InChI is InChI=1S/C37H40N4O6/c1-36(2,3)22-37(4,5)41-33-38-34(46-29-12-8-23-14-27(10-6-25(23)16-29)42-18-31-20-44-31)40-35(39-33)47-30-13-9-24-15-28(11-7-26(24)17-30)43-19-32-21-45-32/h6-17,31-32H,18-22H2,1-5H3,(H,38,39,40,41). The van der Waals surface area contributed by atoms with Gasteiger partial charge in [0.2, 0.25) is 5.95 Å². The van der Waals surface area contributed by atoms with Gasteiger partial charge in [-0.3, -0.25) is 0 Å². The van der Waals surface area contributed by atoms with Crippen molar-refractivity contribution in [3.05, 3.63) is 72.8 Å². The van der Waals surface area contributed by atoms with Gasteiger partial charge in [0.05, 0.1) is 13.2 Å². The molecule has 3 heterocycles.